The summed E-state index contributed by atoms with van der Waals surface area (Å²) < 4.78 is 0.362. The molecular formula is C14H13BrN2O3S. The summed E-state index contributed by atoms with van der Waals surface area (Å²) in [5.41, 5.74) is 1.34. The molecule has 0 spiro atoms. The minimum atomic E-state index is -0.510. The SMILES string of the molecule is Cc1ccsc1CN(C)C(=O)c1ccc(Br)c([N+](=O)[O-])c1. The molecule has 1 aromatic heterocycles. The van der Waals surface area contributed by atoms with Crippen LogP contribution in [0.5, 0.6) is 0 Å². The smallest absolute Gasteiger partial charge is 0.284 e. The number of amides is 1. The molecule has 110 valence electrons. The fourth-order valence-corrected chi connectivity index (χ4v) is 3.21. The summed E-state index contributed by atoms with van der Waals surface area (Å²) >= 11 is 4.70. The number of nitrogens with zero attached hydrogens (tertiary/aromatic N) is 2. The van der Waals surface area contributed by atoms with Crippen LogP contribution in [0.25, 0.3) is 0 Å². The molecule has 0 saturated carbocycles. The summed E-state index contributed by atoms with van der Waals surface area (Å²) in [5.74, 6) is -0.238. The highest BCUT2D eigenvalue weighted by molar-refractivity contribution is 9.10. The van der Waals surface area contributed by atoms with E-state index in [1.54, 1.807) is 29.4 Å². The van der Waals surface area contributed by atoms with E-state index in [1.165, 1.54) is 12.1 Å². The Morgan fingerprint density at radius 2 is 2.14 bits per heavy atom. The Bertz CT molecular complexity index is 699. The lowest BCUT2D eigenvalue weighted by Crippen LogP contribution is -2.26. The second-order valence-electron chi connectivity index (χ2n) is 4.61. The van der Waals surface area contributed by atoms with Gasteiger partial charge in [0.25, 0.3) is 11.6 Å². The number of thiophene rings is 1. The van der Waals surface area contributed by atoms with E-state index in [0.29, 0.717) is 16.6 Å². The number of halogens is 1. The van der Waals surface area contributed by atoms with Crippen molar-refractivity contribution in [2.45, 2.75) is 13.5 Å². The summed E-state index contributed by atoms with van der Waals surface area (Å²) in [7, 11) is 1.69. The van der Waals surface area contributed by atoms with Crippen molar-refractivity contribution in [3.05, 3.63) is 60.2 Å². The normalized spacial score (nSPS) is 10.4. The Labute approximate surface area is 134 Å². The molecule has 0 aliphatic heterocycles. The lowest BCUT2D eigenvalue weighted by molar-refractivity contribution is -0.385. The van der Waals surface area contributed by atoms with Crippen molar-refractivity contribution in [1.82, 2.24) is 4.90 Å². The van der Waals surface area contributed by atoms with Crippen LogP contribution in [-0.4, -0.2) is 22.8 Å². The molecule has 1 heterocycles. The van der Waals surface area contributed by atoms with Crippen molar-refractivity contribution < 1.29 is 9.72 Å². The van der Waals surface area contributed by atoms with Crippen molar-refractivity contribution in [2.24, 2.45) is 0 Å². The maximum absolute atomic E-state index is 12.4. The van der Waals surface area contributed by atoms with Crippen molar-refractivity contribution >= 4 is 38.9 Å². The number of nitro benzene ring substituents is 1. The van der Waals surface area contributed by atoms with Crippen LogP contribution in [0, 0.1) is 17.0 Å². The maximum Gasteiger partial charge on any atom is 0.284 e. The first-order valence-electron chi connectivity index (χ1n) is 6.12. The van der Waals surface area contributed by atoms with E-state index in [2.05, 4.69) is 15.9 Å². The molecular weight excluding hydrogens is 356 g/mol. The molecule has 1 amide bonds. The fraction of sp³-hybridized carbons (Fsp3) is 0.214. The number of hydrogen-bond donors (Lipinski definition) is 0. The van der Waals surface area contributed by atoms with E-state index >= 15 is 0 Å². The van der Waals surface area contributed by atoms with Crippen molar-refractivity contribution in [3.8, 4) is 0 Å². The topological polar surface area (TPSA) is 63.5 Å². The highest BCUT2D eigenvalue weighted by Gasteiger charge is 2.19. The number of hydrogen-bond acceptors (Lipinski definition) is 4. The average molecular weight is 369 g/mol. The standard InChI is InChI=1S/C14H13BrN2O3S/c1-9-5-6-21-13(9)8-16(2)14(18)10-3-4-11(15)12(7-10)17(19)20/h3-7H,8H2,1-2H3. The van der Waals surface area contributed by atoms with Gasteiger partial charge >= 0.3 is 0 Å². The van der Waals surface area contributed by atoms with Crippen LogP contribution in [0.3, 0.4) is 0 Å². The number of carbonyl (C=O) groups excluding carboxylic acids is 1. The van der Waals surface area contributed by atoms with Gasteiger partial charge in [-0.05, 0) is 52.0 Å². The minimum absolute atomic E-state index is 0.110. The molecule has 2 rings (SSSR count). The molecule has 5 nitrogen and oxygen atoms in total. The zero-order valence-electron chi connectivity index (χ0n) is 11.5. The van der Waals surface area contributed by atoms with Crippen LogP contribution in [0.4, 0.5) is 5.69 Å². The molecule has 0 saturated heterocycles. The van der Waals surface area contributed by atoms with E-state index in [-0.39, 0.29) is 11.6 Å². The molecule has 0 aliphatic rings. The third-order valence-electron chi connectivity index (χ3n) is 3.09. The van der Waals surface area contributed by atoms with Crippen molar-refractivity contribution in [2.75, 3.05) is 7.05 Å². The number of benzene rings is 1. The summed E-state index contributed by atoms with van der Waals surface area (Å²) in [6, 6.07) is 6.40. The number of rotatable bonds is 4. The van der Waals surface area contributed by atoms with Crippen LogP contribution in [-0.2, 0) is 6.54 Å². The van der Waals surface area contributed by atoms with Crippen LogP contribution in [0.2, 0.25) is 0 Å². The second-order valence-corrected chi connectivity index (χ2v) is 6.47. The number of carbonyl (C=O) groups is 1. The Morgan fingerprint density at radius 1 is 1.43 bits per heavy atom. The predicted molar refractivity (Wildman–Crippen MR) is 85.6 cm³/mol. The highest BCUT2D eigenvalue weighted by Crippen LogP contribution is 2.26. The molecule has 0 N–H and O–H groups in total. The third kappa shape index (κ3) is 3.48. The van der Waals surface area contributed by atoms with Gasteiger partial charge in [0.2, 0.25) is 0 Å². The first-order valence-corrected chi connectivity index (χ1v) is 7.79. The zero-order chi connectivity index (χ0) is 15.6. The average Bonchev–Trinajstić information content (AvgIpc) is 2.83. The van der Waals surface area contributed by atoms with Gasteiger partial charge < -0.3 is 4.90 Å². The van der Waals surface area contributed by atoms with Gasteiger partial charge in [0.05, 0.1) is 15.9 Å². The summed E-state index contributed by atoms with van der Waals surface area (Å²) in [6.45, 7) is 2.49. The second kappa shape index (κ2) is 6.36. The van der Waals surface area contributed by atoms with E-state index < -0.39 is 4.92 Å². The van der Waals surface area contributed by atoms with Gasteiger partial charge in [-0.1, -0.05) is 0 Å². The lowest BCUT2D eigenvalue weighted by atomic mass is 10.1. The molecule has 0 radical (unpaired) electrons. The van der Waals surface area contributed by atoms with Crippen molar-refractivity contribution in [3.63, 3.8) is 0 Å². The fourth-order valence-electron chi connectivity index (χ4n) is 1.86. The van der Waals surface area contributed by atoms with E-state index in [9.17, 15) is 14.9 Å². The Balaban J connectivity index is 2.21. The van der Waals surface area contributed by atoms with Gasteiger partial charge in [-0.2, -0.15) is 0 Å². The highest BCUT2D eigenvalue weighted by atomic mass is 79.9. The Kier molecular flexibility index (Phi) is 4.74. The molecule has 0 unspecified atom stereocenters. The van der Waals surface area contributed by atoms with Gasteiger partial charge in [-0.3, -0.25) is 14.9 Å². The van der Waals surface area contributed by atoms with Gasteiger partial charge in [0, 0.05) is 23.6 Å². The van der Waals surface area contributed by atoms with E-state index in [0.717, 1.165) is 10.4 Å². The van der Waals surface area contributed by atoms with Crippen LogP contribution in [0.1, 0.15) is 20.8 Å². The van der Waals surface area contributed by atoms with Gasteiger partial charge in [0.15, 0.2) is 0 Å². The monoisotopic (exact) mass is 368 g/mol. The van der Waals surface area contributed by atoms with Crippen LogP contribution < -0.4 is 0 Å². The summed E-state index contributed by atoms with van der Waals surface area (Å²) in [6.07, 6.45) is 0. The number of aryl methyl sites for hydroxylation is 1. The van der Waals surface area contributed by atoms with E-state index in [1.807, 2.05) is 18.4 Å². The van der Waals surface area contributed by atoms with Gasteiger partial charge in [-0.25, -0.2) is 0 Å². The predicted octanol–water partition coefficient (Wildman–Crippen LogP) is 4.00. The molecule has 2 aromatic rings. The molecule has 7 heteroatoms. The number of nitro groups is 1. The Hall–Kier alpha value is -1.73. The minimum Gasteiger partial charge on any atom is -0.337 e. The van der Waals surface area contributed by atoms with Gasteiger partial charge in [-0.15, -0.1) is 11.3 Å². The zero-order valence-corrected chi connectivity index (χ0v) is 13.9. The third-order valence-corrected chi connectivity index (χ3v) is 4.76. The molecule has 0 bridgehead atoms. The molecule has 0 atom stereocenters. The van der Waals surface area contributed by atoms with Gasteiger partial charge in [0.1, 0.15) is 0 Å². The Morgan fingerprint density at radius 3 is 2.71 bits per heavy atom. The molecule has 1 aromatic carbocycles. The molecule has 0 fully saturated rings. The largest absolute Gasteiger partial charge is 0.337 e. The van der Waals surface area contributed by atoms with Crippen LogP contribution >= 0.6 is 27.3 Å². The maximum atomic E-state index is 12.4. The quantitative estimate of drug-likeness (QED) is 0.605. The first-order chi connectivity index (χ1) is 9.90. The summed E-state index contributed by atoms with van der Waals surface area (Å²) in [5, 5.41) is 12.9. The van der Waals surface area contributed by atoms with Crippen molar-refractivity contribution in [1.29, 1.82) is 0 Å². The van der Waals surface area contributed by atoms with Crippen LogP contribution in [0.15, 0.2) is 34.1 Å². The summed E-state index contributed by atoms with van der Waals surface area (Å²) in [4.78, 5) is 25.4. The lowest BCUT2D eigenvalue weighted by Gasteiger charge is -2.17. The molecule has 0 aliphatic carbocycles. The van der Waals surface area contributed by atoms with E-state index in [4.69, 9.17) is 0 Å². The first kappa shape index (κ1) is 15.7. The molecule has 21 heavy (non-hydrogen) atoms.